The second-order valence-corrected chi connectivity index (χ2v) is 7.98. The largest absolute Gasteiger partial charge is 0.355 e. The molecule has 0 unspecified atom stereocenters. The quantitative estimate of drug-likeness (QED) is 0.896. The van der Waals surface area contributed by atoms with Crippen LogP contribution in [0.3, 0.4) is 0 Å². The van der Waals surface area contributed by atoms with Crippen LogP contribution in [0.25, 0.3) is 0 Å². The fourth-order valence-corrected chi connectivity index (χ4v) is 4.52. The lowest BCUT2D eigenvalue weighted by Gasteiger charge is -2.25. The van der Waals surface area contributed by atoms with E-state index in [-0.39, 0.29) is 11.9 Å². The Balaban J connectivity index is 1.71. The van der Waals surface area contributed by atoms with Crippen LogP contribution in [0.4, 0.5) is 16.3 Å². The van der Waals surface area contributed by atoms with E-state index in [0.29, 0.717) is 24.6 Å². The van der Waals surface area contributed by atoms with E-state index in [1.165, 1.54) is 12.8 Å². The Bertz CT molecular complexity index is 589. The van der Waals surface area contributed by atoms with Gasteiger partial charge in [0.2, 0.25) is 0 Å². The minimum absolute atomic E-state index is 0.121. The van der Waals surface area contributed by atoms with Gasteiger partial charge >= 0.3 is 6.03 Å². The first-order chi connectivity index (χ1) is 11.1. The summed E-state index contributed by atoms with van der Waals surface area (Å²) in [5.74, 6) is 2.35. The van der Waals surface area contributed by atoms with E-state index < -0.39 is 10.8 Å². The maximum atomic E-state index is 12.6. The number of nitrogens with one attached hydrogen (secondary N) is 1. The number of carbonyl (C=O) groups is 1. The van der Waals surface area contributed by atoms with E-state index in [4.69, 9.17) is 0 Å². The highest BCUT2D eigenvalue weighted by molar-refractivity contribution is 7.85. The van der Waals surface area contributed by atoms with Crippen molar-refractivity contribution in [2.24, 2.45) is 5.92 Å². The molecule has 2 aliphatic rings. The molecule has 2 atom stereocenters. The predicted octanol–water partition coefficient (Wildman–Crippen LogP) is 1.91. The molecule has 0 aromatic carbocycles. The van der Waals surface area contributed by atoms with Gasteiger partial charge in [0.1, 0.15) is 0 Å². The van der Waals surface area contributed by atoms with Crippen molar-refractivity contribution in [2.45, 2.75) is 19.8 Å². The van der Waals surface area contributed by atoms with Crippen molar-refractivity contribution < 1.29 is 9.00 Å². The number of pyridine rings is 1. The third-order valence-corrected chi connectivity index (χ3v) is 5.89. The number of hydrogen-bond donors (Lipinski definition) is 1. The van der Waals surface area contributed by atoms with Crippen LogP contribution >= 0.6 is 0 Å². The zero-order chi connectivity index (χ0) is 16.2. The molecule has 1 aromatic heterocycles. The van der Waals surface area contributed by atoms with Crippen molar-refractivity contribution in [3.05, 3.63) is 18.3 Å². The first-order valence-electron chi connectivity index (χ1n) is 8.24. The Kier molecular flexibility index (Phi) is 5.15. The lowest BCUT2D eigenvalue weighted by molar-refractivity contribution is 0.210. The van der Waals surface area contributed by atoms with Gasteiger partial charge in [0.05, 0.1) is 5.69 Å². The number of carbonyl (C=O) groups excluding carboxylic acids is 1. The Morgan fingerprint density at radius 1 is 1.35 bits per heavy atom. The van der Waals surface area contributed by atoms with E-state index in [9.17, 15) is 9.00 Å². The third-order valence-electron chi connectivity index (χ3n) is 4.31. The molecule has 2 amide bonds. The fourth-order valence-electron chi connectivity index (χ4n) is 3.19. The number of hydrogen-bond acceptors (Lipinski definition) is 4. The normalized spacial score (nSPS) is 25.3. The molecule has 2 aliphatic heterocycles. The molecule has 3 rings (SSSR count). The number of urea groups is 1. The van der Waals surface area contributed by atoms with Gasteiger partial charge in [-0.05, 0) is 30.9 Å². The van der Waals surface area contributed by atoms with Gasteiger partial charge in [-0.2, -0.15) is 0 Å². The maximum Gasteiger partial charge on any atom is 0.321 e. The van der Waals surface area contributed by atoms with E-state index in [1.807, 2.05) is 19.1 Å². The van der Waals surface area contributed by atoms with Crippen molar-refractivity contribution in [3.8, 4) is 0 Å². The minimum Gasteiger partial charge on any atom is -0.355 e. The van der Waals surface area contributed by atoms with Crippen LogP contribution in [0, 0.1) is 5.92 Å². The summed E-state index contributed by atoms with van der Waals surface area (Å²) in [5, 5.41) is 3.00. The number of aromatic nitrogens is 1. The highest BCUT2D eigenvalue weighted by Crippen LogP contribution is 2.26. The summed E-state index contributed by atoms with van der Waals surface area (Å²) < 4.78 is 11.8. The molecule has 2 saturated heterocycles. The van der Waals surface area contributed by atoms with Crippen molar-refractivity contribution in [1.29, 1.82) is 0 Å². The average Bonchev–Trinajstić information content (AvgIpc) is 3.00. The van der Waals surface area contributed by atoms with Crippen LogP contribution in [0.5, 0.6) is 0 Å². The van der Waals surface area contributed by atoms with Crippen molar-refractivity contribution >= 4 is 28.3 Å². The standard InChI is InChI=1S/C16H24N4O2S/c1-13-11-20(9-10-23(22)12-13)16(21)18-14-5-4-6-17-15(14)19-7-2-3-8-19/h4-6,13H,2-3,7-12H2,1H3,(H,18,21)/t13-,23-/m0/s1. The van der Waals surface area contributed by atoms with Crippen LogP contribution in [-0.4, -0.2) is 57.8 Å². The van der Waals surface area contributed by atoms with E-state index in [2.05, 4.69) is 15.2 Å². The molecule has 0 saturated carbocycles. The first-order valence-corrected chi connectivity index (χ1v) is 9.73. The molecule has 6 nitrogen and oxygen atoms in total. The maximum absolute atomic E-state index is 12.6. The molecular weight excluding hydrogens is 312 g/mol. The summed E-state index contributed by atoms with van der Waals surface area (Å²) in [6.45, 7) is 5.21. The monoisotopic (exact) mass is 336 g/mol. The predicted molar refractivity (Wildman–Crippen MR) is 93.3 cm³/mol. The van der Waals surface area contributed by atoms with Gasteiger partial charge in [-0.1, -0.05) is 6.92 Å². The Hall–Kier alpha value is -1.63. The smallest absolute Gasteiger partial charge is 0.321 e. The van der Waals surface area contributed by atoms with Gasteiger partial charge in [-0.25, -0.2) is 9.78 Å². The summed E-state index contributed by atoms with van der Waals surface area (Å²) in [7, 11) is -0.820. The van der Waals surface area contributed by atoms with Crippen LogP contribution in [0.1, 0.15) is 19.8 Å². The lowest BCUT2D eigenvalue weighted by atomic mass is 10.2. The summed E-state index contributed by atoms with van der Waals surface area (Å²) in [6, 6.07) is 3.62. The molecule has 1 N–H and O–H groups in total. The van der Waals surface area contributed by atoms with E-state index in [0.717, 1.165) is 24.6 Å². The molecule has 0 spiro atoms. The number of amides is 2. The van der Waals surface area contributed by atoms with Crippen LogP contribution in [0.2, 0.25) is 0 Å². The van der Waals surface area contributed by atoms with Gasteiger partial charge in [0.25, 0.3) is 0 Å². The number of anilines is 2. The molecule has 0 bridgehead atoms. The third kappa shape index (κ3) is 4.02. The van der Waals surface area contributed by atoms with Gasteiger partial charge in [-0.15, -0.1) is 0 Å². The summed E-state index contributed by atoms with van der Waals surface area (Å²) in [4.78, 5) is 21.0. The molecule has 0 aliphatic carbocycles. The molecular formula is C16H24N4O2S. The Morgan fingerprint density at radius 2 is 2.13 bits per heavy atom. The Morgan fingerprint density at radius 3 is 2.91 bits per heavy atom. The number of rotatable bonds is 2. The SMILES string of the molecule is C[C@H]1CN(C(=O)Nc2cccnc2N2CCCC2)CC[S@](=O)C1. The van der Waals surface area contributed by atoms with Gasteiger partial charge in [0.15, 0.2) is 5.82 Å². The van der Waals surface area contributed by atoms with Crippen LogP contribution < -0.4 is 10.2 Å². The average molecular weight is 336 g/mol. The fraction of sp³-hybridized carbons (Fsp3) is 0.625. The highest BCUT2D eigenvalue weighted by Gasteiger charge is 2.24. The van der Waals surface area contributed by atoms with Gasteiger partial charge in [-0.3, -0.25) is 4.21 Å². The van der Waals surface area contributed by atoms with Crippen LogP contribution in [-0.2, 0) is 10.8 Å². The topological polar surface area (TPSA) is 65.5 Å². The molecule has 126 valence electrons. The molecule has 7 heteroatoms. The van der Waals surface area contributed by atoms with Gasteiger partial charge in [0, 0.05) is 54.7 Å². The van der Waals surface area contributed by atoms with Crippen molar-refractivity contribution in [1.82, 2.24) is 9.88 Å². The van der Waals surface area contributed by atoms with E-state index in [1.54, 1.807) is 11.1 Å². The number of nitrogens with zero attached hydrogens (tertiary/aromatic N) is 3. The second-order valence-electron chi connectivity index (χ2n) is 6.36. The molecule has 0 radical (unpaired) electrons. The molecule has 3 heterocycles. The molecule has 23 heavy (non-hydrogen) atoms. The van der Waals surface area contributed by atoms with Crippen LogP contribution in [0.15, 0.2) is 18.3 Å². The first kappa shape index (κ1) is 16.2. The zero-order valence-corrected chi connectivity index (χ0v) is 14.3. The summed E-state index contributed by atoms with van der Waals surface area (Å²) >= 11 is 0. The van der Waals surface area contributed by atoms with Crippen molar-refractivity contribution in [2.75, 3.05) is 47.9 Å². The lowest BCUT2D eigenvalue weighted by Crippen LogP contribution is -2.38. The van der Waals surface area contributed by atoms with Crippen molar-refractivity contribution in [3.63, 3.8) is 0 Å². The van der Waals surface area contributed by atoms with E-state index >= 15 is 0 Å². The summed E-state index contributed by atoms with van der Waals surface area (Å²) in [6.07, 6.45) is 4.10. The zero-order valence-electron chi connectivity index (χ0n) is 13.5. The van der Waals surface area contributed by atoms with Gasteiger partial charge < -0.3 is 15.1 Å². The summed E-state index contributed by atoms with van der Waals surface area (Å²) in [5.41, 5.74) is 0.762. The molecule has 1 aromatic rings. The Labute approximate surface area is 139 Å². The second kappa shape index (κ2) is 7.29. The highest BCUT2D eigenvalue weighted by atomic mass is 32.2. The minimum atomic E-state index is -0.820. The molecule has 2 fully saturated rings.